The molecule has 0 aromatic carbocycles. The molecule has 3 N–H and O–H groups in total. The van der Waals surface area contributed by atoms with Crippen LogP contribution in [0.1, 0.15) is 19.3 Å². The Bertz CT molecular complexity index is 207. The van der Waals surface area contributed by atoms with Gasteiger partial charge in [-0.3, -0.25) is 9.59 Å². The molecule has 0 unspecified atom stereocenters. The molecule has 0 saturated heterocycles. The van der Waals surface area contributed by atoms with Gasteiger partial charge >= 0.3 is 0 Å². The largest absolute Gasteiger partial charge is 0.370 e. The number of rotatable bonds is 5. The number of carbonyl (C=O) groups excluding carboxylic acids is 2. The van der Waals surface area contributed by atoms with E-state index in [0.29, 0.717) is 6.54 Å². The van der Waals surface area contributed by atoms with Crippen molar-refractivity contribution < 1.29 is 9.59 Å². The van der Waals surface area contributed by atoms with Crippen molar-refractivity contribution in [1.82, 2.24) is 5.32 Å². The van der Waals surface area contributed by atoms with Crippen LogP contribution in [-0.2, 0) is 9.59 Å². The lowest BCUT2D eigenvalue weighted by atomic mass is 10.3. The number of nitriles is 1. The summed E-state index contributed by atoms with van der Waals surface area (Å²) >= 11 is 0. The van der Waals surface area contributed by atoms with E-state index in [1.54, 1.807) is 0 Å². The highest BCUT2D eigenvalue weighted by Crippen LogP contribution is 1.86. The summed E-state index contributed by atoms with van der Waals surface area (Å²) in [7, 11) is 0. The standard InChI is InChI=1S/C7H11N3O2/c8-4-1-5-10-7(12)3-2-6(9)11/h1-3,5H2,(H2,9,11)(H,10,12). The van der Waals surface area contributed by atoms with Crippen LogP contribution in [0.15, 0.2) is 0 Å². The van der Waals surface area contributed by atoms with Gasteiger partial charge in [-0.05, 0) is 0 Å². The summed E-state index contributed by atoms with van der Waals surface area (Å²) in [6.45, 7) is 0.327. The normalized spacial score (nSPS) is 8.58. The summed E-state index contributed by atoms with van der Waals surface area (Å²) < 4.78 is 0. The summed E-state index contributed by atoms with van der Waals surface area (Å²) in [6.07, 6.45) is 0.432. The van der Waals surface area contributed by atoms with Crippen LogP contribution < -0.4 is 11.1 Å². The second kappa shape index (κ2) is 6.16. The monoisotopic (exact) mass is 169 g/mol. The van der Waals surface area contributed by atoms with E-state index >= 15 is 0 Å². The maximum absolute atomic E-state index is 10.8. The number of hydrogen-bond acceptors (Lipinski definition) is 3. The van der Waals surface area contributed by atoms with Gasteiger partial charge in [0, 0.05) is 19.4 Å². The number of primary amides is 1. The predicted octanol–water partition coefficient (Wildman–Crippen LogP) is -0.718. The minimum atomic E-state index is -0.495. The van der Waals surface area contributed by atoms with Crippen LogP contribution in [0.25, 0.3) is 0 Å². The number of nitrogens with one attached hydrogen (secondary N) is 1. The van der Waals surface area contributed by atoms with Crippen molar-refractivity contribution in [2.75, 3.05) is 6.54 Å². The van der Waals surface area contributed by atoms with E-state index in [-0.39, 0.29) is 25.2 Å². The molecule has 0 saturated carbocycles. The lowest BCUT2D eigenvalue weighted by Crippen LogP contribution is -2.25. The van der Waals surface area contributed by atoms with Gasteiger partial charge in [-0.2, -0.15) is 5.26 Å². The Morgan fingerprint density at radius 3 is 2.58 bits per heavy atom. The van der Waals surface area contributed by atoms with E-state index in [1.807, 2.05) is 6.07 Å². The number of hydrogen-bond donors (Lipinski definition) is 2. The van der Waals surface area contributed by atoms with E-state index in [9.17, 15) is 9.59 Å². The smallest absolute Gasteiger partial charge is 0.220 e. The topological polar surface area (TPSA) is 96.0 Å². The van der Waals surface area contributed by atoms with Crippen LogP contribution in [0.4, 0.5) is 0 Å². The lowest BCUT2D eigenvalue weighted by Gasteiger charge is -1.99. The van der Waals surface area contributed by atoms with Gasteiger partial charge in [-0.25, -0.2) is 0 Å². The average molecular weight is 169 g/mol. The number of nitrogens with zero attached hydrogens (tertiary/aromatic N) is 1. The SMILES string of the molecule is N#CCCNC(=O)CCC(N)=O. The molecule has 0 aliphatic carbocycles. The zero-order valence-corrected chi connectivity index (χ0v) is 6.67. The highest BCUT2D eigenvalue weighted by Gasteiger charge is 2.02. The van der Waals surface area contributed by atoms with E-state index in [4.69, 9.17) is 11.0 Å². The first kappa shape index (κ1) is 10.4. The van der Waals surface area contributed by atoms with Gasteiger partial charge in [0.15, 0.2) is 0 Å². The van der Waals surface area contributed by atoms with Gasteiger partial charge < -0.3 is 11.1 Å². The van der Waals surface area contributed by atoms with Crippen molar-refractivity contribution in [2.24, 2.45) is 5.73 Å². The van der Waals surface area contributed by atoms with Gasteiger partial charge in [-0.15, -0.1) is 0 Å². The Labute approximate surface area is 70.5 Å². The van der Waals surface area contributed by atoms with E-state index in [1.165, 1.54) is 0 Å². The number of amides is 2. The highest BCUT2D eigenvalue weighted by atomic mass is 16.2. The van der Waals surface area contributed by atoms with Gasteiger partial charge in [0.25, 0.3) is 0 Å². The molecule has 0 fully saturated rings. The predicted molar refractivity (Wildman–Crippen MR) is 41.7 cm³/mol. The highest BCUT2D eigenvalue weighted by molar-refractivity contribution is 5.82. The zero-order chi connectivity index (χ0) is 9.40. The molecule has 0 radical (unpaired) electrons. The summed E-state index contributed by atoms with van der Waals surface area (Å²) in [5.41, 5.74) is 4.82. The molecule has 5 nitrogen and oxygen atoms in total. The molecule has 0 aromatic rings. The van der Waals surface area contributed by atoms with Crippen molar-refractivity contribution >= 4 is 11.8 Å². The first-order valence-electron chi connectivity index (χ1n) is 3.58. The third kappa shape index (κ3) is 6.55. The summed E-state index contributed by atoms with van der Waals surface area (Å²) in [6, 6.07) is 1.88. The van der Waals surface area contributed by atoms with Crippen LogP contribution in [0, 0.1) is 11.3 Å². The van der Waals surface area contributed by atoms with E-state index in [2.05, 4.69) is 5.32 Å². The molecule has 0 aromatic heterocycles. The maximum atomic E-state index is 10.8. The third-order valence-corrected chi connectivity index (χ3v) is 1.16. The fraction of sp³-hybridized carbons (Fsp3) is 0.571. The molecule has 0 aliphatic heterocycles. The Morgan fingerprint density at radius 1 is 1.42 bits per heavy atom. The molecule has 66 valence electrons. The fourth-order valence-corrected chi connectivity index (χ4v) is 0.583. The van der Waals surface area contributed by atoms with Gasteiger partial charge in [0.1, 0.15) is 0 Å². The molecule has 2 amide bonds. The summed E-state index contributed by atoms with van der Waals surface area (Å²) in [5, 5.41) is 10.6. The molecular formula is C7H11N3O2. The van der Waals surface area contributed by atoms with E-state index in [0.717, 1.165) is 0 Å². The van der Waals surface area contributed by atoms with Gasteiger partial charge in [0.05, 0.1) is 12.5 Å². The Balaban J connectivity index is 3.35. The molecule has 5 heteroatoms. The first-order valence-corrected chi connectivity index (χ1v) is 3.58. The minimum Gasteiger partial charge on any atom is -0.370 e. The Morgan fingerprint density at radius 2 is 2.08 bits per heavy atom. The maximum Gasteiger partial charge on any atom is 0.220 e. The van der Waals surface area contributed by atoms with Crippen molar-refractivity contribution in [3.63, 3.8) is 0 Å². The number of carbonyl (C=O) groups is 2. The first-order chi connectivity index (χ1) is 5.66. The Kier molecular flexibility index (Phi) is 5.35. The summed E-state index contributed by atoms with van der Waals surface area (Å²) in [5.74, 6) is -0.741. The molecular weight excluding hydrogens is 158 g/mol. The molecule has 0 spiro atoms. The molecule has 0 aliphatic rings. The fourth-order valence-electron chi connectivity index (χ4n) is 0.583. The van der Waals surface area contributed by atoms with Crippen LogP contribution >= 0.6 is 0 Å². The average Bonchev–Trinajstić information content (AvgIpc) is 2.01. The van der Waals surface area contributed by atoms with Crippen LogP contribution in [0.2, 0.25) is 0 Å². The molecule has 0 atom stereocenters. The lowest BCUT2D eigenvalue weighted by molar-refractivity contribution is -0.125. The van der Waals surface area contributed by atoms with Crippen molar-refractivity contribution in [1.29, 1.82) is 5.26 Å². The second-order valence-corrected chi connectivity index (χ2v) is 2.22. The molecule has 0 rings (SSSR count). The number of nitrogens with two attached hydrogens (primary N) is 1. The van der Waals surface area contributed by atoms with Gasteiger partial charge in [0.2, 0.25) is 11.8 Å². The van der Waals surface area contributed by atoms with Crippen molar-refractivity contribution in [3.05, 3.63) is 0 Å². The van der Waals surface area contributed by atoms with Crippen molar-refractivity contribution in [3.8, 4) is 6.07 Å². The zero-order valence-electron chi connectivity index (χ0n) is 6.67. The Hall–Kier alpha value is -1.57. The van der Waals surface area contributed by atoms with Crippen molar-refractivity contribution in [2.45, 2.75) is 19.3 Å². The minimum absolute atomic E-state index is 0.0540. The van der Waals surface area contributed by atoms with Crippen LogP contribution in [0.3, 0.4) is 0 Å². The third-order valence-electron chi connectivity index (χ3n) is 1.16. The van der Waals surface area contributed by atoms with Crippen LogP contribution in [-0.4, -0.2) is 18.4 Å². The molecule has 12 heavy (non-hydrogen) atoms. The molecule has 0 bridgehead atoms. The van der Waals surface area contributed by atoms with Crippen LogP contribution in [0.5, 0.6) is 0 Å². The summed E-state index contributed by atoms with van der Waals surface area (Å²) in [4.78, 5) is 21.0. The quantitative estimate of drug-likeness (QED) is 0.531. The van der Waals surface area contributed by atoms with Gasteiger partial charge in [-0.1, -0.05) is 0 Å². The molecule has 0 heterocycles. The second-order valence-electron chi connectivity index (χ2n) is 2.22. The van der Waals surface area contributed by atoms with E-state index < -0.39 is 5.91 Å².